The highest BCUT2D eigenvalue weighted by Crippen LogP contribution is 2.35. The van der Waals surface area contributed by atoms with Gasteiger partial charge in [0.2, 0.25) is 11.8 Å². The van der Waals surface area contributed by atoms with Crippen molar-refractivity contribution in [2.75, 3.05) is 26.1 Å². The van der Waals surface area contributed by atoms with Gasteiger partial charge in [-0.15, -0.1) is 0 Å². The molecule has 4 rings (SSSR count). The van der Waals surface area contributed by atoms with E-state index in [9.17, 15) is 9.59 Å². The van der Waals surface area contributed by atoms with Crippen LogP contribution in [0.3, 0.4) is 0 Å². The first kappa shape index (κ1) is 23.5. The van der Waals surface area contributed by atoms with Crippen molar-refractivity contribution < 1.29 is 23.8 Å². The van der Waals surface area contributed by atoms with Crippen molar-refractivity contribution >= 4 is 34.2 Å². The highest BCUT2D eigenvalue weighted by molar-refractivity contribution is 6.08. The van der Waals surface area contributed by atoms with Gasteiger partial charge in [0.25, 0.3) is 5.91 Å². The molecule has 3 N–H and O–H groups in total. The van der Waals surface area contributed by atoms with Gasteiger partial charge in [-0.2, -0.15) is 4.98 Å². The van der Waals surface area contributed by atoms with E-state index in [-0.39, 0.29) is 12.2 Å². The highest BCUT2D eigenvalue weighted by Gasteiger charge is 2.17. The number of carbonyl (C=O) groups is 2. The Kier molecular flexibility index (Phi) is 6.77. The molecule has 2 heterocycles. The van der Waals surface area contributed by atoms with Gasteiger partial charge in [-0.25, -0.2) is 4.79 Å². The number of pyridine rings is 2. The van der Waals surface area contributed by atoms with Gasteiger partial charge in [0.15, 0.2) is 0 Å². The number of methoxy groups -OCH3 is 2. The minimum Gasteiger partial charge on any atom is -0.481 e. The maximum atomic E-state index is 12.2. The predicted octanol–water partition coefficient (Wildman–Crippen LogP) is 4.33. The van der Waals surface area contributed by atoms with Crippen LogP contribution in [0.5, 0.6) is 11.8 Å². The molecule has 178 valence electrons. The van der Waals surface area contributed by atoms with E-state index >= 15 is 0 Å². The number of esters is 1. The second-order valence-electron chi connectivity index (χ2n) is 7.48. The number of nitrogens with two attached hydrogens (primary N) is 1. The first-order valence-corrected chi connectivity index (χ1v) is 10.8. The Hall–Kier alpha value is -4.66. The topological polar surface area (TPSA) is 126 Å². The molecule has 0 unspecified atom stereocenters. The van der Waals surface area contributed by atoms with E-state index in [1.165, 1.54) is 20.4 Å². The van der Waals surface area contributed by atoms with Crippen LogP contribution < -0.4 is 20.5 Å². The Bertz CT molecular complexity index is 1420. The van der Waals surface area contributed by atoms with Crippen molar-refractivity contribution in [2.45, 2.75) is 6.92 Å². The normalized spacial score (nSPS) is 10.6. The Labute approximate surface area is 201 Å². The summed E-state index contributed by atoms with van der Waals surface area (Å²) in [5.41, 5.74) is 9.51. The summed E-state index contributed by atoms with van der Waals surface area (Å²) in [4.78, 5) is 33.1. The largest absolute Gasteiger partial charge is 0.481 e. The fourth-order valence-corrected chi connectivity index (χ4v) is 3.68. The summed E-state index contributed by atoms with van der Waals surface area (Å²) in [6, 6.07) is 16.0. The molecule has 0 spiro atoms. The first-order valence-electron chi connectivity index (χ1n) is 10.8. The van der Waals surface area contributed by atoms with Crippen molar-refractivity contribution in [3.05, 3.63) is 71.9 Å². The number of primary amides is 1. The van der Waals surface area contributed by atoms with Crippen LogP contribution in [0.1, 0.15) is 27.6 Å². The molecule has 0 aliphatic heterocycles. The third-order valence-electron chi connectivity index (χ3n) is 5.33. The molecule has 2 aromatic heterocycles. The van der Waals surface area contributed by atoms with Gasteiger partial charge in [-0.3, -0.25) is 9.78 Å². The lowest BCUT2D eigenvalue weighted by Crippen LogP contribution is -2.14. The Morgan fingerprint density at radius 1 is 1.03 bits per heavy atom. The average molecular weight is 473 g/mol. The zero-order chi connectivity index (χ0) is 24.9. The minimum absolute atomic E-state index is 0.218. The van der Waals surface area contributed by atoms with Gasteiger partial charge < -0.3 is 25.3 Å². The van der Waals surface area contributed by atoms with Crippen molar-refractivity contribution in [2.24, 2.45) is 5.73 Å². The molecule has 0 atom stereocenters. The lowest BCUT2D eigenvalue weighted by atomic mass is 10.0. The fourth-order valence-electron chi connectivity index (χ4n) is 3.68. The smallest absolute Gasteiger partial charge is 0.338 e. The zero-order valence-electron chi connectivity index (χ0n) is 19.5. The van der Waals surface area contributed by atoms with Gasteiger partial charge in [-0.1, -0.05) is 18.2 Å². The molecule has 0 bridgehead atoms. The molecule has 0 fully saturated rings. The van der Waals surface area contributed by atoms with Crippen molar-refractivity contribution in [3.63, 3.8) is 0 Å². The Morgan fingerprint density at radius 2 is 1.86 bits per heavy atom. The van der Waals surface area contributed by atoms with Crippen LogP contribution in [0, 0.1) is 0 Å². The second kappa shape index (κ2) is 10.1. The molecule has 0 aliphatic carbocycles. The molecule has 0 aliphatic rings. The van der Waals surface area contributed by atoms with Gasteiger partial charge in [0.05, 0.1) is 43.2 Å². The second-order valence-corrected chi connectivity index (χ2v) is 7.48. The number of aromatic nitrogens is 2. The number of benzene rings is 2. The van der Waals surface area contributed by atoms with E-state index in [0.29, 0.717) is 39.6 Å². The van der Waals surface area contributed by atoms with Crippen LogP contribution in [0.2, 0.25) is 0 Å². The molecule has 35 heavy (non-hydrogen) atoms. The Balaban J connectivity index is 1.79. The quantitative estimate of drug-likeness (QED) is 0.363. The third-order valence-corrected chi connectivity index (χ3v) is 5.33. The third kappa shape index (κ3) is 4.84. The number of ether oxygens (including phenoxy) is 3. The van der Waals surface area contributed by atoms with Gasteiger partial charge in [0, 0.05) is 28.9 Å². The number of nitrogens with one attached hydrogen (secondary N) is 1. The standard InChI is InChI=1S/C26H24N4O5/c1-4-35-26(32)16-6-5-7-17(12-16)29-23-19-9-8-15(13-21(19)28-14-20(23)24(27)31)18-10-11-22(33-2)30-25(18)34-3/h5-14H,4H2,1-3H3,(H2,27,31)(H,28,29). The number of hydrogen-bond donors (Lipinski definition) is 2. The van der Waals surface area contributed by atoms with Crippen LogP contribution in [-0.4, -0.2) is 42.7 Å². The lowest BCUT2D eigenvalue weighted by Gasteiger charge is -2.15. The number of hydrogen-bond acceptors (Lipinski definition) is 8. The maximum Gasteiger partial charge on any atom is 0.338 e. The predicted molar refractivity (Wildman–Crippen MR) is 132 cm³/mol. The van der Waals surface area contributed by atoms with E-state index in [2.05, 4.69) is 15.3 Å². The summed E-state index contributed by atoms with van der Waals surface area (Å²) in [7, 11) is 3.07. The van der Waals surface area contributed by atoms with Crippen LogP contribution in [0.25, 0.3) is 22.0 Å². The summed E-state index contributed by atoms with van der Waals surface area (Å²) in [5.74, 6) is -0.218. The zero-order valence-corrected chi connectivity index (χ0v) is 19.5. The minimum atomic E-state index is -0.631. The molecule has 9 nitrogen and oxygen atoms in total. The summed E-state index contributed by atoms with van der Waals surface area (Å²) in [6.07, 6.45) is 1.43. The molecule has 0 radical (unpaired) electrons. The van der Waals surface area contributed by atoms with Crippen LogP contribution >= 0.6 is 0 Å². The van der Waals surface area contributed by atoms with Crippen molar-refractivity contribution in [3.8, 4) is 22.9 Å². The molecule has 0 saturated heterocycles. The van der Waals surface area contributed by atoms with Crippen LogP contribution in [0.4, 0.5) is 11.4 Å². The summed E-state index contributed by atoms with van der Waals surface area (Å²) in [6.45, 7) is 2.02. The SMILES string of the molecule is CCOC(=O)c1cccc(Nc2c(C(N)=O)cnc3cc(-c4ccc(OC)nc4OC)ccc23)c1. The number of nitrogens with zero attached hydrogens (tertiary/aromatic N) is 2. The van der Waals surface area contributed by atoms with E-state index in [4.69, 9.17) is 19.9 Å². The maximum absolute atomic E-state index is 12.2. The Morgan fingerprint density at radius 3 is 2.57 bits per heavy atom. The number of fused-ring (bicyclic) bond motifs is 1. The number of anilines is 2. The van der Waals surface area contributed by atoms with E-state index < -0.39 is 11.9 Å². The molecule has 9 heteroatoms. The summed E-state index contributed by atoms with van der Waals surface area (Å²) >= 11 is 0. The van der Waals surface area contributed by atoms with Crippen molar-refractivity contribution in [1.82, 2.24) is 9.97 Å². The molecular formula is C26H24N4O5. The number of rotatable bonds is 8. The van der Waals surface area contributed by atoms with Gasteiger partial charge >= 0.3 is 5.97 Å². The van der Waals surface area contributed by atoms with Gasteiger partial charge in [0.1, 0.15) is 0 Å². The molecule has 0 saturated carbocycles. The number of carbonyl (C=O) groups excluding carboxylic acids is 2. The molecular weight excluding hydrogens is 448 g/mol. The summed E-state index contributed by atoms with van der Waals surface area (Å²) in [5, 5.41) is 3.90. The fraction of sp³-hybridized carbons (Fsp3) is 0.154. The van der Waals surface area contributed by atoms with E-state index in [0.717, 1.165) is 11.1 Å². The lowest BCUT2D eigenvalue weighted by molar-refractivity contribution is 0.0526. The van der Waals surface area contributed by atoms with Crippen LogP contribution in [-0.2, 0) is 4.74 Å². The first-order chi connectivity index (χ1) is 16.9. The highest BCUT2D eigenvalue weighted by atomic mass is 16.5. The van der Waals surface area contributed by atoms with E-state index in [1.807, 2.05) is 24.3 Å². The molecule has 2 aromatic carbocycles. The van der Waals surface area contributed by atoms with Gasteiger partial charge in [-0.05, 0) is 42.8 Å². The van der Waals surface area contributed by atoms with Crippen molar-refractivity contribution in [1.29, 1.82) is 0 Å². The molecule has 4 aromatic rings. The monoisotopic (exact) mass is 472 g/mol. The van der Waals surface area contributed by atoms with E-state index in [1.54, 1.807) is 37.3 Å². The van der Waals surface area contributed by atoms with Crippen LogP contribution in [0.15, 0.2) is 60.8 Å². The number of amides is 1. The molecule has 1 amide bonds. The summed E-state index contributed by atoms with van der Waals surface area (Å²) < 4.78 is 15.7. The average Bonchev–Trinajstić information content (AvgIpc) is 2.88.